The third-order valence-electron chi connectivity index (χ3n) is 3.92. The first-order valence-corrected chi connectivity index (χ1v) is 6.88. The van der Waals surface area contributed by atoms with E-state index < -0.39 is 0 Å². The van der Waals surface area contributed by atoms with E-state index in [1.807, 2.05) is 0 Å². The average Bonchev–Trinajstić information content (AvgIpc) is 2.30. The van der Waals surface area contributed by atoms with E-state index in [9.17, 15) is 0 Å². The minimum Gasteiger partial charge on any atom is -0.271 e. The third-order valence-corrected chi connectivity index (χ3v) is 3.92. The molecule has 1 aliphatic rings. The zero-order valence-electron chi connectivity index (χ0n) is 10.8. The van der Waals surface area contributed by atoms with Crippen molar-refractivity contribution in [3.63, 3.8) is 0 Å². The Bertz CT molecular complexity index is 327. The molecule has 0 heterocycles. The zero-order chi connectivity index (χ0) is 12.1. The first-order valence-electron chi connectivity index (χ1n) is 6.88. The molecule has 3 N–H and O–H groups in total. The van der Waals surface area contributed by atoms with Gasteiger partial charge in [0.2, 0.25) is 0 Å². The first kappa shape index (κ1) is 12.6. The van der Waals surface area contributed by atoms with Crippen LogP contribution in [0.4, 0.5) is 0 Å². The maximum absolute atomic E-state index is 5.68. The first-order chi connectivity index (χ1) is 8.33. The van der Waals surface area contributed by atoms with E-state index in [0.29, 0.717) is 6.04 Å². The molecule has 0 amide bonds. The van der Waals surface area contributed by atoms with Crippen molar-refractivity contribution in [2.45, 2.75) is 51.5 Å². The molecule has 0 aromatic heterocycles. The summed E-state index contributed by atoms with van der Waals surface area (Å²) in [5, 5.41) is 0. The highest BCUT2D eigenvalue weighted by Crippen LogP contribution is 2.34. The van der Waals surface area contributed by atoms with Crippen LogP contribution in [-0.2, 0) is 6.42 Å². The molecule has 1 unspecified atom stereocenters. The molecule has 2 nitrogen and oxygen atoms in total. The monoisotopic (exact) mass is 232 g/mol. The van der Waals surface area contributed by atoms with Crippen molar-refractivity contribution in [1.82, 2.24) is 5.43 Å². The van der Waals surface area contributed by atoms with Gasteiger partial charge < -0.3 is 0 Å². The smallest absolute Gasteiger partial charge is 0.0462 e. The van der Waals surface area contributed by atoms with Gasteiger partial charge in [-0.1, -0.05) is 56.9 Å². The molecule has 1 aliphatic carbocycles. The van der Waals surface area contributed by atoms with E-state index in [-0.39, 0.29) is 0 Å². The number of benzene rings is 1. The normalized spacial score (nSPS) is 17.8. The number of hydrazine groups is 1. The summed E-state index contributed by atoms with van der Waals surface area (Å²) >= 11 is 0. The highest BCUT2D eigenvalue weighted by atomic mass is 15.2. The second-order valence-electron chi connectivity index (χ2n) is 5.24. The van der Waals surface area contributed by atoms with Crippen molar-refractivity contribution >= 4 is 0 Å². The molecule has 1 saturated carbocycles. The van der Waals surface area contributed by atoms with Crippen LogP contribution in [0, 0.1) is 5.92 Å². The van der Waals surface area contributed by atoms with Crippen molar-refractivity contribution in [3.8, 4) is 0 Å². The zero-order valence-corrected chi connectivity index (χ0v) is 10.8. The van der Waals surface area contributed by atoms with Crippen LogP contribution in [0.3, 0.4) is 0 Å². The summed E-state index contributed by atoms with van der Waals surface area (Å²) in [5.74, 6) is 6.56. The van der Waals surface area contributed by atoms with Crippen molar-refractivity contribution in [2.75, 3.05) is 0 Å². The van der Waals surface area contributed by atoms with Gasteiger partial charge in [-0.3, -0.25) is 11.3 Å². The molecular formula is C15H24N2. The maximum Gasteiger partial charge on any atom is 0.0462 e. The molecule has 1 aromatic rings. The second-order valence-corrected chi connectivity index (χ2v) is 5.24. The lowest BCUT2D eigenvalue weighted by Gasteiger charge is -2.29. The Morgan fingerprint density at radius 2 is 2.00 bits per heavy atom. The van der Waals surface area contributed by atoms with Gasteiger partial charge in [0.05, 0.1) is 0 Å². The third kappa shape index (κ3) is 3.30. The molecule has 0 radical (unpaired) electrons. The summed E-state index contributed by atoms with van der Waals surface area (Å²) in [6, 6.07) is 9.27. The van der Waals surface area contributed by atoms with Crippen LogP contribution in [0.15, 0.2) is 24.3 Å². The largest absolute Gasteiger partial charge is 0.271 e. The summed E-state index contributed by atoms with van der Waals surface area (Å²) in [4.78, 5) is 0. The fourth-order valence-corrected chi connectivity index (χ4v) is 2.57. The SMILES string of the molecule is CCCc1ccc(C(CC2CCC2)NN)cc1. The van der Waals surface area contributed by atoms with Gasteiger partial charge in [-0.05, 0) is 29.9 Å². The van der Waals surface area contributed by atoms with E-state index in [2.05, 4.69) is 36.6 Å². The van der Waals surface area contributed by atoms with Crippen LogP contribution < -0.4 is 11.3 Å². The quantitative estimate of drug-likeness (QED) is 0.583. The van der Waals surface area contributed by atoms with Crippen LogP contribution in [0.1, 0.15) is 56.2 Å². The molecule has 2 heteroatoms. The molecule has 1 fully saturated rings. The van der Waals surface area contributed by atoms with E-state index in [4.69, 9.17) is 5.84 Å². The Labute approximate surface area is 105 Å². The lowest BCUT2D eigenvalue weighted by molar-refractivity contribution is 0.262. The van der Waals surface area contributed by atoms with Gasteiger partial charge in [-0.2, -0.15) is 0 Å². The number of hydrogen-bond acceptors (Lipinski definition) is 2. The van der Waals surface area contributed by atoms with Crippen LogP contribution in [0.5, 0.6) is 0 Å². The summed E-state index contributed by atoms with van der Waals surface area (Å²) in [7, 11) is 0. The summed E-state index contributed by atoms with van der Waals surface area (Å²) in [6.45, 7) is 2.22. The van der Waals surface area contributed by atoms with Gasteiger partial charge in [0.1, 0.15) is 0 Å². The minimum atomic E-state index is 0.330. The lowest BCUT2D eigenvalue weighted by atomic mass is 9.79. The molecule has 94 valence electrons. The molecule has 0 bridgehead atoms. The average molecular weight is 232 g/mol. The van der Waals surface area contributed by atoms with Crippen LogP contribution in [0.25, 0.3) is 0 Å². The van der Waals surface area contributed by atoms with Gasteiger partial charge in [0, 0.05) is 6.04 Å². The predicted octanol–water partition coefficient (Wildman–Crippen LogP) is 3.33. The van der Waals surface area contributed by atoms with Gasteiger partial charge in [0.15, 0.2) is 0 Å². The Hall–Kier alpha value is -0.860. The lowest BCUT2D eigenvalue weighted by Crippen LogP contribution is -2.31. The Morgan fingerprint density at radius 1 is 1.29 bits per heavy atom. The number of aryl methyl sites for hydroxylation is 1. The number of hydrogen-bond donors (Lipinski definition) is 2. The molecule has 0 saturated heterocycles. The topological polar surface area (TPSA) is 38.0 Å². The summed E-state index contributed by atoms with van der Waals surface area (Å²) < 4.78 is 0. The van der Waals surface area contributed by atoms with E-state index in [0.717, 1.165) is 5.92 Å². The van der Waals surface area contributed by atoms with Crippen LogP contribution >= 0.6 is 0 Å². The molecule has 1 atom stereocenters. The highest BCUT2D eigenvalue weighted by molar-refractivity contribution is 5.25. The number of nitrogens with two attached hydrogens (primary N) is 1. The van der Waals surface area contributed by atoms with E-state index in [1.165, 1.54) is 49.7 Å². The maximum atomic E-state index is 5.68. The van der Waals surface area contributed by atoms with Crippen LogP contribution in [0.2, 0.25) is 0 Å². The van der Waals surface area contributed by atoms with Gasteiger partial charge in [-0.25, -0.2) is 0 Å². The van der Waals surface area contributed by atoms with E-state index >= 15 is 0 Å². The van der Waals surface area contributed by atoms with E-state index in [1.54, 1.807) is 0 Å². The fourth-order valence-electron chi connectivity index (χ4n) is 2.57. The van der Waals surface area contributed by atoms with Gasteiger partial charge >= 0.3 is 0 Å². The standard InChI is InChI=1S/C15H24N2/c1-2-4-12-7-9-14(10-8-12)15(17-16)11-13-5-3-6-13/h7-10,13,15,17H,2-6,11,16H2,1H3. The predicted molar refractivity (Wildman–Crippen MR) is 72.5 cm³/mol. The molecule has 2 rings (SSSR count). The minimum absolute atomic E-state index is 0.330. The molecule has 0 aliphatic heterocycles. The van der Waals surface area contributed by atoms with Gasteiger partial charge in [0.25, 0.3) is 0 Å². The van der Waals surface area contributed by atoms with Crippen molar-refractivity contribution in [1.29, 1.82) is 0 Å². The summed E-state index contributed by atoms with van der Waals surface area (Å²) in [5.41, 5.74) is 5.73. The van der Waals surface area contributed by atoms with Crippen molar-refractivity contribution in [2.24, 2.45) is 11.8 Å². The molecule has 0 spiro atoms. The highest BCUT2D eigenvalue weighted by Gasteiger charge is 2.22. The number of nitrogens with one attached hydrogen (secondary N) is 1. The molecule has 1 aromatic carbocycles. The number of rotatable bonds is 6. The Kier molecular flexibility index (Phi) is 4.57. The van der Waals surface area contributed by atoms with Crippen LogP contribution in [-0.4, -0.2) is 0 Å². The Balaban J connectivity index is 1.97. The molecule has 17 heavy (non-hydrogen) atoms. The fraction of sp³-hybridized carbons (Fsp3) is 0.600. The molecular weight excluding hydrogens is 208 g/mol. The Morgan fingerprint density at radius 3 is 2.47 bits per heavy atom. The second kappa shape index (κ2) is 6.18. The van der Waals surface area contributed by atoms with Crippen molar-refractivity contribution < 1.29 is 0 Å². The summed E-state index contributed by atoms with van der Waals surface area (Å²) in [6.07, 6.45) is 7.73. The van der Waals surface area contributed by atoms with Crippen molar-refractivity contribution in [3.05, 3.63) is 35.4 Å². The van der Waals surface area contributed by atoms with Gasteiger partial charge in [-0.15, -0.1) is 0 Å².